The molecule has 0 fully saturated rings. The Morgan fingerprint density at radius 2 is 2.05 bits per heavy atom. The monoisotopic (exact) mass is 276 g/mol. The quantitative estimate of drug-likeness (QED) is 0.660. The molecule has 8 heteroatoms. The van der Waals surface area contributed by atoms with E-state index in [0.717, 1.165) is 6.42 Å². The lowest BCUT2D eigenvalue weighted by Crippen LogP contribution is -2.04. The largest absolute Gasteiger partial charge is 0.476 e. The average Bonchev–Trinajstić information content (AvgIpc) is 2.83. The van der Waals surface area contributed by atoms with Gasteiger partial charge < -0.3 is 5.11 Å². The van der Waals surface area contributed by atoms with E-state index in [1.165, 1.54) is 28.9 Å². The fourth-order valence-electron chi connectivity index (χ4n) is 1.85. The molecule has 0 amide bonds. The summed E-state index contributed by atoms with van der Waals surface area (Å²) in [5.41, 5.74) is 0.674. The van der Waals surface area contributed by atoms with E-state index in [-0.39, 0.29) is 11.4 Å². The number of aryl methyl sites for hydroxylation is 1. The van der Waals surface area contributed by atoms with Crippen LogP contribution < -0.4 is 0 Å². The molecule has 8 nitrogen and oxygen atoms in total. The molecule has 1 heterocycles. The molecule has 104 valence electrons. The Balaban J connectivity index is 2.51. The third kappa shape index (κ3) is 2.48. The standard InChI is InChI=1S/C12H12N4O4/c1-2-7-15-11(10(12(17)18)13-14-15)8-3-5-9(6-4-8)16(19)20/h3-6H,2,7H2,1H3,(H,17,18). The van der Waals surface area contributed by atoms with Crippen molar-refractivity contribution >= 4 is 11.7 Å². The van der Waals surface area contributed by atoms with Gasteiger partial charge in [0.25, 0.3) is 5.69 Å². The molecule has 0 saturated carbocycles. The molecule has 2 rings (SSSR count). The van der Waals surface area contributed by atoms with Crippen molar-refractivity contribution in [1.82, 2.24) is 15.0 Å². The minimum absolute atomic E-state index is 0.0554. The number of aromatic carboxylic acids is 1. The SMILES string of the molecule is CCCn1nnc(C(=O)O)c1-c1ccc([N+](=O)[O-])cc1. The number of aromatic nitrogens is 3. The summed E-state index contributed by atoms with van der Waals surface area (Å²) in [6, 6.07) is 5.64. The fraction of sp³-hybridized carbons (Fsp3) is 0.250. The number of benzene rings is 1. The summed E-state index contributed by atoms with van der Waals surface area (Å²) in [5, 5.41) is 27.2. The molecule has 0 atom stereocenters. The van der Waals surface area contributed by atoms with Gasteiger partial charge in [0, 0.05) is 24.2 Å². The molecule has 0 aliphatic carbocycles. The average molecular weight is 276 g/mol. The Morgan fingerprint density at radius 3 is 2.55 bits per heavy atom. The molecular weight excluding hydrogens is 264 g/mol. The highest BCUT2D eigenvalue weighted by Crippen LogP contribution is 2.25. The van der Waals surface area contributed by atoms with Crippen molar-refractivity contribution in [2.75, 3.05) is 0 Å². The van der Waals surface area contributed by atoms with Crippen LogP contribution in [0.15, 0.2) is 24.3 Å². The lowest BCUT2D eigenvalue weighted by molar-refractivity contribution is -0.384. The van der Waals surface area contributed by atoms with E-state index >= 15 is 0 Å². The highest BCUT2D eigenvalue weighted by molar-refractivity contribution is 5.92. The predicted octanol–water partition coefficient (Wildman–Crippen LogP) is 1.96. The molecule has 0 aliphatic heterocycles. The first-order chi connectivity index (χ1) is 9.54. The number of carboxylic acids is 1. The van der Waals surface area contributed by atoms with Gasteiger partial charge >= 0.3 is 5.97 Å². The number of carbonyl (C=O) groups is 1. The summed E-state index contributed by atoms with van der Waals surface area (Å²) in [4.78, 5) is 21.3. The van der Waals surface area contributed by atoms with Crippen LogP contribution in [0, 0.1) is 10.1 Å². The minimum Gasteiger partial charge on any atom is -0.476 e. The molecule has 20 heavy (non-hydrogen) atoms. The molecule has 2 aromatic rings. The normalized spacial score (nSPS) is 10.4. The number of non-ortho nitro benzene ring substituents is 1. The molecular formula is C12H12N4O4. The summed E-state index contributed by atoms with van der Waals surface area (Å²) in [5.74, 6) is -1.18. The highest BCUT2D eigenvalue weighted by atomic mass is 16.6. The maximum absolute atomic E-state index is 11.2. The fourth-order valence-corrected chi connectivity index (χ4v) is 1.85. The Labute approximate surface area is 113 Å². The molecule has 0 unspecified atom stereocenters. The third-order valence-corrected chi connectivity index (χ3v) is 2.72. The Morgan fingerprint density at radius 1 is 1.40 bits per heavy atom. The van der Waals surface area contributed by atoms with Gasteiger partial charge in [0.2, 0.25) is 0 Å². The zero-order valence-corrected chi connectivity index (χ0v) is 10.7. The van der Waals surface area contributed by atoms with Gasteiger partial charge in [-0.3, -0.25) is 10.1 Å². The number of nitro benzene ring substituents is 1. The van der Waals surface area contributed by atoms with Gasteiger partial charge in [-0.25, -0.2) is 9.48 Å². The molecule has 0 radical (unpaired) electrons. The van der Waals surface area contributed by atoms with Gasteiger partial charge in [-0.1, -0.05) is 12.1 Å². The molecule has 0 spiro atoms. The van der Waals surface area contributed by atoms with E-state index < -0.39 is 10.9 Å². The van der Waals surface area contributed by atoms with Crippen molar-refractivity contribution in [3.8, 4) is 11.3 Å². The number of carboxylic acid groups (broad SMARTS) is 1. The Bertz CT molecular complexity index is 648. The second-order valence-electron chi connectivity index (χ2n) is 4.12. The Kier molecular flexibility index (Phi) is 3.74. The van der Waals surface area contributed by atoms with E-state index in [9.17, 15) is 14.9 Å². The lowest BCUT2D eigenvalue weighted by Gasteiger charge is -2.05. The number of hydrogen-bond acceptors (Lipinski definition) is 5. The topological polar surface area (TPSA) is 111 Å². The first kappa shape index (κ1) is 13.7. The van der Waals surface area contributed by atoms with Crippen LogP contribution in [-0.2, 0) is 6.54 Å². The molecule has 0 bridgehead atoms. The van der Waals surface area contributed by atoms with Crippen molar-refractivity contribution in [2.45, 2.75) is 19.9 Å². The lowest BCUT2D eigenvalue weighted by atomic mass is 10.1. The summed E-state index contributed by atoms with van der Waals surface area (Å²) >= 11 is 0. The van der Waals surface area contributed by atoms with Crippen LogP contribution >= 0.6 is 0 Å². The van der Waals surface area contributed by atoms with Crippen molar-refractivity contribution in [3.05, 3.63) is 40.1 Å². The second kappa shape index (κ2) is 5.47. The van der Waals surface area contributed by atoms with Crippen molar-refractivity contribution in [1.29, 1.82) is 0 Å². The van der Waals surface area contributed by atoms with Gasteiger partial charge in [-0.05, 0) is 18.6 Å². The zero-order valence-electron chi connectivity index (χ0n) is 10.7. The molecule has 1 N–H and O–H groups in total. The van der Waals surface area contributed by atoms with Gasteiger partial charge in [0.1, 0.15) is 5.69 Å². The first-order valence-electron chi connectivity index (χ1n) is 5.96. The van der Waals surface area contributed by atoms with E-state index in [0.29, 0.717) is 17.8 Å². The number of nitrogens with zero attached hydrogens (tertiary/aromatic N) is 4. The molecule has 0 aliphatic rings. The van der Waals surface area contributed by atoms with Gasteiger partial charge in [0.05, 0.1) is 4.92 Å². The van der Waals surface area contributed by atoms with Crippen molar-refractivity contribution in [3.63, 3.8) is 0 Å². The number of rotatable bonds is 5. The third-order valence-electron chi connectivity index (χ3n) is 2.72. The predicted molar refractivity (Wildman–Crippen MR) is 69.4 cm³/mol. The maximum atomic E-state index is 11.2. The maximum Gasteiger partial charge on any atom is 0.358 e. The zero-order chi connectivity index (χ0) is 14.7. The van der Waals surface area contributed by atoms with Crippen LogP contribution in [0.4, 0.5) is 5.69 Å². The molecule has 1 aromatic heterocycles. The van der Waals surface area contributed by atoms with Crippen LogP contribution in [0.1, 0.15) is 23.8 Å². The van der Waals surface area contributed by atoms with Crippen LogP contribution in [0.25, 0.3) is 11.3 Å². The van der Waals surface area contributed by atoms with E-state index in [1.54, 1.807) is 0 Å². The summed E-state index contributed by atoms with van der Waals surface area (Å²) in [6.45, 7) is 2.45. The number of hydrogen-bond donors (Lipinski definition) is 1. The van der Waals surface area contributed by atoms with Gasteiger partial charge in [0.15, 0.2) is 5.69 Å². The van der Waals surface area contributed by atoms with E-state index in [4.69, 9.17) is 5.11 Å². The van der Waals surface area contributed by atoms with Crippen LogP contribution in [0.2, 0.25) is 0 Å². The van der Waals surface area contributed by atoms with E-state index in [1.807, 2.05) is 6.92 Å². The minimum atomic E-state index is -1.18. The Hall–Kier alpha value is -2.77. The molecule has 0 saturated heterocycles. The van der Waals surface area contributed by atoms with E-state index in [2.05, 4.69) is 10.3 Å². The first-order valence-corrected chi connectivity index (χ1v) is 5.96. The number of nitro groups is 1. The van der Waals surface area contributed by atoms with Gasteiger partial charge in [-0.15, -0.1) is 5.10 Å². The van der Waals surface area contributed by atoms with Crippen LogP contribution in [0.3, 0.4) is 0 Å². The smallest absolute Gasteiger partial charge is 0.358 e. The summed E-state index contributed by atoms with van der Waals surface area (Å²) in [7, 11) is 0. The van der Waals surface area contributed by atoms with Crippen LogP contribution in [-0.4, -0.2) is 31.0 Å². The summed E-state index contributed by atoms with van der Waals surface area (Å²) in [6.07, 6.45) is 0.766. The van der Waals surface area contributed by atoms with Crippen molar-refractivity contribution < 1.29 is 14.8 Å². The van der Waals surface area contributed by atoms with Gasteiger partial charge in [-0.2, -0.15) is 0 Å². The summed E-state index contributed by atoms with van der Waals surface area (Å²) < 4.78 is 1.49. The second-order valence-corrected chi connectivity index (χ2v) is 4.12. The van der Waals surface area contributed by atoms with Crippen LogP contribution in [0.5, 0.6) is 0 Å². The highest BCUT2D eigenvalue weighted by Gasteiger charge is 2.20. The molecule has 1 aromatic carbocycles. The van der Waals surface area contributed by atoms with Crippen molar-refractivity contribution in [2.24, 2.45) is 0 Å².